The zero-order chi connectivity index (χ0) is 11.1. The Kier molecular flexibility index (Phi) is 2.40. The van der Waals surface area contributed by atoms with Gasteiger partial charge in [-0.2, -0.15) is 0 Å². The van der Waals surface area contributed by atoms with Crippen LogP contribution in [-0.4, -0.2) is 16.4 Å². The molecule has 0 aliphatic heterocycles. The Morgan fingerprint density at radius 3 is 2.87 bits per heavy atom. The first-order valence-electron chi connectivity index (χ1n) is 4.74. The van der Waals surface area contributed by atoms with Crippen LogP contribution in [0, 0.1) is 6.92 Å². The number of rotatable bonds is 2. The van der Waals surface area contributed by atoms with Crippen molar-refractivity contribution in [1.29, 1.82) is 0 Å². The zero-order valence-electron chi connectivity index (χ0n) is 8.38. The molecule has 3 N–H and O–H groups in total. The van der Waals surface area contributed by atoms with Gasteiger partial charge >= 0.3 is 0 Å². The van der Waals surface area contributed by atoms with Crippen LogP contribution in [0.5, 0.6) is 0 Å². The van der Waals surface area contributed by atoms with Crippen LogP contribution in [0.25, 0.3) is 0 Å². The lowest BCUT2D eigenvalue weighted by molar-refractivity contribution is -0.118. The number of aryl methyl sites for hydroxylation is 1. The van der Waals surface area contributed by atoms with E-state index in [2.05, 4.69) is 10.3 Å². The van der Waals surface area contributed by atoms with E-state index in [1.54, 1.807) is 6.07 Å². The van der Waals surface area contributed by atoms with E-state index in [9.17, 15) is 4.79 Å². The molecule has 1 aliphatic rings. The molecule has 0 spiro atoms. The van der Waals surface area contributed by atoms with Crippen LogP contribution in [-0.2, 0) is 4.79 Å². The number of hydrogen-bond donors (Lipinski definition) is 2. The molecule has 1 aromatic heterocycles. The van der Waals surface area contributed by atoms with Crippen molar-refractivity contribution < 1.29 is 4.79 Å². The van der Waals surface area contributed by atoms with Crippen LogP contribution >= 0.6 is 11.6 Å². The fourth-order valence-corrected chi connectivity index (χ4v) is 1.35. The fraction of sp³-hybridized carbons (Fsp3) is 0.400. The molecule has 1 fully saturated rings. The Morgan fingerprint density at radius 1 is 1.67 bits per heavy atom. The van der Waals surface area contributed by atoms with E-state index in [1.807, 2.05) is 6.92 Å². The maximum atomic E-state index is 11.6. The summed E-state index contributed by atoms with van der Waals surface area (Å²) in [7, 11) is 0. The van der Waals surface area contributed by atoms with E-state index in [0.29, 0.717) is 10.8 Å². The summed E-state index contributed by atoms with van der Waals surface area (Å²) in [6.07, 6.45) is 3.02. The highest BCUT2D eigenvalue weighted by atomic mass is 35.5. The van der Waals surface area contributed by atoms with Crippen molar-refractivity contribution in [2.24, 2.45) is 5.73 Å². The first-order chi connectivity index (χ1) is 7.01. The van der Waals surface area contributed by atoms with Crippen LogP contribution in [0.1, 0.15) is 18.4 Å². The lowest BCUT2D eigenvalue weighted by atomic mass is 10.2. The molecule has 0 aromatic carbocycles. The maximum Gasteiger partial charge on any atom is 0.244 e. The molecule has 0 saturated heterocycles. The molecule has 0 bridgehead atoms. The number of pyridine rings is 1. The minimum absolute atomic E-state index is 0.147. The van der Waals surface area contributed by atoms with Gasteiger partial charge in [0, 0.05) is 0 Å². The highest BCUT2D eigenvalue weighted by molar-refractivity contribution is 6.30. The van der Waals surface area contributed by atoms with Gasteiger partial charge in [-0.1, -0.05) is 11.6 Å². The molecule has 5 heteroatoms. The van der Waals surface area contributed by atoms with Crippen molar-refractivity contribution in [3.63, 3.8) is 0 Å². The predicted octanol–water partition coefficient (Wildman–Crippen LogP) is 1.47. The fourth-order valence-electron chi connectivity index (χ4n) is 1.24. The minimum Gasteiger partial charge on any atom is -0.323 e. The molecule has 1 aliphatic carbocycles. The number of hydrogen-bond acceptors (Lipinski definition) is 3. The molecule has 1 heterocycles. The average Bonchev–Trinajstić information content (AvgIpc) is 2.92. The lowest BCUT2D eigenvalue weighted by Crippen LogP contribution is -2.37. The number of carbonyl (C=O) groups excluding carboxylic acids is 1. The molecule has 0 unspecified atom stereocenters. The summed E-state index contributed by atoms with van der Waals surface area (Å²) >= 11 is 5.77. The molecular formula is C10H12ClN3O. The highest BCUT2D eigenvalue weighted by Gasteiger charge is 2.45. The van der Waals surface area contributed by atoms with Gasteiger partial charge in [-0.25, -0.2) is 4.98 Å². The molecule has 1 amide bonds. The van der Waals surface area contributed by atoms with E-state index in [1.165, 1.54) is 6.20 Å². The summed E-state index contributed by atoms with van der Waals surface area (Å²) < 4.78 is 0. The lowest BCUT2D eigenvalue weighted by Gasteiger charge is -2.10. The van der Waals surface area contributed by atoms with Gasteiger partial charge in [0.1, 0.15) is 5.15 Å². The Balaban J connectivity index is 2.11. The number of amides is 1. The largest absolute Gasteiger partial charge is 0.323 e. The summed E-state index contributed by atoms with van der Waals surface area (Å²) in [4.78, 5) is 15.5. The van der Waals surface area contributed by atoms with Gasteiger partial charge in [0.15, 0.2) is 0 Å². The second-order valence-corrected chi connectivity index (χ2v) is 4.30. The van der Waals surface area contributed by atoms with Crippen molar-refractivity contribution in [2.45, 2.75) is 25.3 Å². The second kappa shape index (κ2) is 3.47. The third-order valence-electron chi connectivity index (χ3n) is 2.51. The molecule has 1 aromatic rings. The molecule has 80 valence electrons. The predicted molar refractivity (Wildman–Crippen MR) is 58.8 cm³/mol. The normalized spacial score (nSPS) is 17.3. The van der Waals surface area contributed by atoms with Crippen molar-refractivity contribution in [1.82, 2.24) is 4.98 Å². The van der Waals surface area contributed by atoms with Crippen molar-refractivity contribution >= 4 is 23.2 Å². The second-order valence-electron chi connectivity index (χ2n) is 3.94. The smallest absolute Gasteiger partial charge is 0.244 e. The SMILES string of the molecule is Cc1cc(NC(=O)C2(N)CC2)cnc1Cl. The van der Waals surface area contributed by atoms with Gasteiger partial charge < -0.3 is 11.1 Å². The summed E-state index contributed by atoms with van der Waals surface area (Å²) in [6.45, 7) is 1.83. The van der Waals surface area contributed by atoms with E-state index >= 15 is 0 Å². The van der Waals surface area contributed by atoms with Crippen LogP contribution < -0.4 is 11.1 Å². The molecule has 0 atom stereocenters. The zero-order valence-corrected chi connectivity index (χ0v) is 9.14. The third-order valence-corrected chi connectivity index (χ3v) is 2.91. The Bertz CT molecular complexity index is 415. The molecule has 1 saturated carbocycles. The number of carbonyl (C=O) groups is 1. The van der Waals surface area contributed by atoms with Crippen molar-refractivity contribution in [3.8, 4) is 0 Å². The van der Waals surface area contributed by atoms with Gasteiger partial charge in [0.2, 0.25) is 5.91 Å². The summed E-state index contributed by atoms with van der Waals surface area (Å²) in [5.74, 6) is -0.147. The number of anilines is 1. The van der Waals surface area contributed by atoms with E-state index in [0.717, 1.165) is 18.4 Å². The van der Waals surface area contributed by atoms with Crippen LogP contribution in [0.3, 0.4) is 0 Å². The Morgan fingerprint density at radius 2 is 2.33 bits per heavy atom. The van der Waals surface area contributed by atoms with Crippen LogP contribution in [0.2, 0.25) is 5.15 Å². The standard InChI is InChI=1S/C10H12ClN3O/c1-6-4-7(5-13-8(6)11)14-9(15)10(12)2-3-10/h4-5H,2-3,12H2,1H3,(H,14,15). The maximum absolute atomic E-state index is 11.6. The molecule has 2 rings (SSSR count). The first-order valence-corrected chi connectivity index (χ1v) is 5.11. The summed E-state index contributed by atoms with van der Waals surface area (Å²) in [5, 5.41) is 3.17. The van der Waals surface area contributed by atoms with Gasteiger partial charge in [0.25, 0.3) is 0 Å². The third kappa shape index (κ3) is 2.11. The number of aromatic nitrogens is 1. The number of nitrogens with zero attached hydrogens (tertiary/aromatic N) is 1. The number of halogens is 1. The Labute approximate surface area is 92.8 Å². The first kappa shape index (κ1) is 10.4. The van der Waals surface area contributed by atoms with Gasteiger partial charge in [-0.3, -0.25) is 4.79 Å². The minimum atomic E-state index is -0.659. The Hall–Kier alpha value is -1.13. The molecule has 0 radical (unpaired) electrons. The summed E-state index contributed by atoms with van der Waals surface area (Å²) in [5.41, 5.74) is 6.56. The van der Waals surface area contributed by atoms with Crippen LogP contribution in [0.4, 0.5) is 5.69 Å². The van der Waals surface area contributed by atoms with E-state index < -0.39 is 5.54 Å². The van der Waals surface area contributed by atoms with Gasteiger partial charge in [-0.05, 0) is 31.4 Å². The highest BCUT2D eigenvalue weighted by Crippen LogP contribution is 2.33. The van der Waals surface area contributed by atoms with Gasteiger partial charge in [-0.15, -0.1) is 0 Å². The number of nitrogens with one attached hydrogen (secondary N) is 1. The number of nitrogens with two attached hydrogens (primary N) is 1. The summed E-state index contributed by atoms with van der Waals surface area (Å²) in [6, 6.07) is 1.78. The topological polar surface area (TPSA) is 68.0 Å². The monoisotopic (exact) mass is 225 g/mol. The molecule has 4 nitrogen and oxygen atoms in total. The quantitative estimate of drug-likeness (QED) is 0.749. The van der Waals surface area contributed by atoms with Crippen molar-refractivity contribution in [2.75, 3.05) is 5.32 Å². The van der Waals surface area contributed by atoms with Crippen LogP contribution in [0.15, 0.2) is 12.3 Å². The van der Waals surface area contributed by atoms with E-state index in [4.69, 9.17) is 17.3 Å². The molecular weight excluding hydrogens is 214 g/mol. The molecule has 15 heavy (non-hydrogen) atoms. The average molecular weight is 226 g/mol. The van der Waals surface area contributed by atoms with Crippen molar-refractivity contribution in [3.05, 3.63) is 23.0 Å². The van der Waals surface area contributed by atoms with Gasteiger partial charge in [0.05, 0.1) is 17.4 Å². The van der Waals surface area contributed by atoms with E-state index in [-0.39, 0.29) is 5.91 Å².